The Balaban J connectivity index is 1.59. The highest BCUT2D eigenvalue weighted by molar-refractivity contribution is 5.32. The number of aliphatic hydroxyl groups is 3. The van der Waals surface area contributed by atoms with E-state index in [0.29, 0.717) is 12.3 Å². The van der Waals surface area contributed by atoms with Crippen LogP contribution in [-0.2, 0) is 4.74 Å². The third-order valence-electron chi connectivity index (χ3n) is 10.7. The zero-order valence-corrected chi connectivity index (χ0v) is 16.8. The van der Waals surface area contributed by atoms with Crippen molar-refractivity contribution in [2.45, 2.75) is 75.9 Å². The van der Waals surface area contributed by atoms with Gasteiger partial charge in [-0.1, -0.05) is 13.8 Å². The lowest BCUT2D eigenvalue weighted by atomic mass is 9.43. The highest BCUT2D eigenvalue weighted by Crippen LogP contribution is 2.78. The number of ether oxygens (including phenoxy) is 1. The number of nitrogens with zero attached hydrogens (tertiary/aromatic N) is 1. The lowest BCUT2D eigenvalue weighted by Gasteiger charge is -2.68. The van der Waals surface area contributed by atoms with Gasteiger partial charge in [-0.2, -0.15) is 0 Å². The molecule has 7 bridgehead atoms. The van der Waals surface area contributed by atoms with E-state index in [2.05, 4.69) is 18.7 Å². The van der Waals surface area contributed by atoms with Crippen LogP contribution in [0.3, 0.4) is 0 Å². The molecular formula is C22H35NO4. The summed E-state index contributed by atoms with van der Waals surface area (Å²) < 4.78 is 5.79. The van der Waals surface area contributed by atoms with E-state index < -0.39 is 11.7 Å². The highest BCUT2D eigenvalue weighted by Gasteiger charge is 2.82. The van der Waals surface area contributed by atoms with E-state index in [9.17, 15) is 15.3 Å². The van der Waals surface area contributed by atoms with Crippen LogP contribution in [0.4, 0.5) is 0 Å². The summed E-state index contributed by atoms with van der Waals surface area (Å²) in [5.41, 5.74) is -0.788. The Kier molecular flexibility index (Phi) is 3.33. The van der Waals surface area contributed by atoms with Gasteiger partial charge in [0, 0.05) is 49.3 Å². The van der Waals surface area contributed by atoms with Gasteiger partial charge in [0.1, 0.15) is 0 Å². The van der Waals surface area contributed by atoms with Crippen molar-refractivity contribution in [3.05, 3.63) is 0 Å². The second-order valence-electron chi connectivity index (χ2n) is 11.1. The second-order valence-corrected chi connectivity index (χ2v) is 11.1. The van der Waals surface area contributed by atoms with Gasteiger partial charge in [0.05, 0.1) is 23.9 Å². The summed E-state index contributed by atoms with van der Waals surface area (Å²) in [7, 11) is 1.73. The van der Waals surface area contributed by atoms with E-state index in [4.69, 9.17) is 4.74 Å². The molecule has 0 aromatic heterocycles. The minimum Gasteiger partial charge on any atom is -0.392 e. The standard InChI is InChI=1S/C22H35NO4/c1-4-23-10-20(2)6-5-16(24)22-12-7-11-14(27-3)9-21(26,17(12)18(11)25)13(19(22)23)8-15(20)22/h11-19,24-26H,4-10H2,1-3H3/t11-,12?,13+,14+,15?,16+,17?,18?,19?,20+,21+,22-/m1/s1. The van der Waals surface area contributed by atoms with E-state index in [-0.39, 0.29) is 52.8 Å². The molecular weight excluding hydrogens is 342 g/mol. The predicted molar refractivity (Wildman–Crippen MR) is 99.9 cm³/mol. The molecule has 0 radical (unpaired) electrons. The zero-order chi connectivity index (χ0) is 18.9. The SMILES string of the molecule is CCN1C[C@]2(C)CC[C@H](O)[C@@]34C5C[C@H]6C(O)C5[C@](O)(C[C@@H]6OC)[C@@H](CC23)C14. The first-order valence-corrected chi connectivity index (χ1v) is 11.2. The lowest BCUT2D eigenvalue weighted by Crippen LogP contribution is -2.75. The van der Waals surface area contributed by atoms with Crippen molar-refractivity contribution in [3.8, 4) is 0 Å². The average Bonchev–Trinajstić information content (AvgIpc) is 3.07. The summed E-state index contributed by atoms with van der Waals surface area (Å²) in [6, 6.07) is 0.253. The van der Waals surface area contributed by atoms with Crippen LogP contribution in [0.25, 0.3) is 0 Å². The van der Waals surface area contributed by atoms with Crippen LogP contribution >= 0.6 is 0 Å². The number of methoxy groups -OCH3 is 1. The molecule has 5 nitrogen and oxygen atoms in total. The Morgan fingerprint density at radius 3 is 2.67 bits per heavy atom. The smallest absolute Gasteiger partial charge is 0.0771 e. The molecule has 1 aliphatic heterocycles. The summed E-state index contributed by atoms with van der Waals surface area (Å²) in [6.45, 7) is 6.74. The first-order chi connectivity index (χ1) is 12.8. The molecule has 0 aromatic carbocycles. The van der Waals surface area contributed by atoms with Crippen molar-refractivity contribution in [1.82, 2.24) is 4.90 Å². The van der Waals surface area contributed by atoms with E-state index in [0.717, 1.165) is 38.8 Å². The Labute approximate surface area is 162 Å². The molecule has 5 unspecified atom stereocenters. The van der Waals surface area contributed by atoms with Crippen molar-refractivity contribution in [1.29, 1.82) is 0 Å². The van der Waals surface area contributed by atoms with Crippen LogP contribution < -0.4 is 0 Å². The monoisotopic (exact) mass is 377 g/mol. The van der Waals surface area contributed by atoms with Crippen LogP contribution in [-0.4, -0.2) is 70.4 Å². The highest BCUT2D eigenvalue weighted by atomic mass is 16.5. The predicted octanol–water partition coefficient (Wildman–Crippen LogP) is 1.25. The fourth-order valence-electron chi connectivity index (χ4n) is 10.1. The third kappa shape index (κ3) is 1.66. The fraction of sp³-hybridized carbons (Fsp3) is 1.00. The van der Waals surface area contributed by atoms with Crippen molar-refractivity contribution in [2.75, 3.05) is 20.2 Å². The van der Waals surface area contributed by atoms with Gasteiger partial charge in [0.15, 0.2) is 0 Å². The molecule has 5 heteroatoms. The van der Waals surface area contributed by atoms with Crippen molar-refractivity contribution in [3.63, 3.8) is 0 Å². The van der Waals surface area contributed by atoms with Gasteiger partial charge in [-0.15, -0.1) is 0 Å². The van der Waals surface area contributed by atoms with Crippen molar-refractivity contribution in [2.24, 2.45) is 40.4 Å². The topological polar surface area (TPSA) is 73.2 Å². The van der Waals surface area contributed by atoms with Gasteiger partial charge < -0.3 is 20.1 Å². The van der Waals surface area contributed by atoms with Crippen LogP contribution in [0.2, 0.25) is 0 Å². The third-order valence-corrected chi connectivity index (χ3v) is 10.7. The van der Waals surface area contributed by atoms with Crippen molar-refractivity contribution >= 4 is 0 Å². The van der Waals surface area contributed by atoms with Crippen LogP contribution in [0.5, 0.6) is 0 Å². The number of likely N-dealkylation sites (tertiary alicyclic amines) is 1. The molecule has 1 saturated heterocycles. The molecule has 6 rings (SSSR count). The Hall–Kier alpha value is -0.200. The summed E-state index contributed by atoms with van der Waals surface area (Å²) in [5, 5.41) is 34.9. The summed E-state index contributed by atoms with van der Waals surface area (Å²) in [5.74, 6) is 0.840. The van der Waals surface area contributed by atoms with Crippen molar-refractivity contribution < 1.29 is 20.1 Å². The number of piperidine rings is 1. The number of hydrogen-bond acceptors (Lipinski definition) is 5. The molecule has 27 heavy (non-hydrogen) atoms. The molecule has 5 aliphatic carbocycles. The van der Waals surface area contributed by atoms with Gasteiger partial charge in [-0.3, -0.25) is 4.90 Å². The lowest BCUT2D eigenvalue weighted by molar-refractivity contribution is -0.266. The fourth-order valence-corrected chi connectivity index (χ4v) is 10.1. The molecule has 6 fully saturated rings. The van der Waals surface area contributed by atoms with Gasteiger partial charge in [0.2, 0.25) is 0 Å². The van der Waals surface area contributed by atoms with E-state index >= 15 is 0 Å². The van der Waals surface area contributed by atoms with E-state index in [1.54, 1.807) is 7.11 Å². The number of aliphatic hydroxyl groups excluding tert-OH is 2. The van der Waals surface area contributed by atoms with Crippen LogP contribution in [0.15, 0.2) is 0 Å². The Morgan fingerprint density at radius 2 is 1.96 bits per heavy atom. The van der Waals surface area contributed by atoms with Gasteiger partial charge in [0.25, 0.3) is 0 Å². The maximum absolute atomic E-state index is 12.1. The van der Waals surface area contributed by atoms with Gasteiger partial charge >= 0.3 is 0 Å². The molecule has 5 saturated carbocycles. The first kappa shape index (κ1) is 17.6. The molecule has 12 atom stereocenters. The molecule has 3 N–H and O–H groups in total. The Morgan fingerprint density at radius 1 is 1.19 bits per heavy atom. The number of hydrogen-bond donors (Lipinski definition) is 3. The van der Waals surface area contributed by atoms with E-state index in [1.165, 1.54) is 0 Å². The second kappa shape index (κ2) is 5.10. The minimum absolute atomic E-state index is 0.0657. The largest absolute Gasteiger partial charge is 0.392 e. The molecule has 6 aliphatic rings. The first-order valence-electron chi connectivity index (χ1n) is 11.2. The van der Waals surface area contributed by atoms with Crippen LogP contribution in [0.1, 0.15) is 46.0 Å². The summed E-state index contributed by atoms with van der Waals surface area (Å²) in [6.07, 6.45) is 3.66. The molecule has 0 aromatic rings. The average molecular weight is 378 g/mol. The Bertz CT molecular complexity index is 673. The van der Waals surface area contributed by atoms with Crippen LogP contribution in [0, 0.1) is 40.4 Å². The number of fused-ring (bicyclic) bond motifs is 2. The normalized spacial score (nSPS) is 66.2. The molecule has 0 amide bonds. The van der Waals surface area contributed by atoms with E-state index in [1.807, 2.05) is 0 Å². The molecule has 152 valence electrons. The maximum Gasteiger partial charge on any atom is 0.0771 e. The molecule has 1 heterocycles. The van der Waals surface area contributed by atoms with Gasteiger partial charge in [-0.25, -0.2) is 0 Å². The zero-order valence-electron chi connectivity index (χ0n) is 16.8. The van der Waals surface area contributed by atoms with Gasteiger partial charge in [-0.05, 0) is 49.5 Å². The quantitative estimate of drug-likeness (QED) is 0.676. The minimum atomic E-state index is -0.858. The summed E-state index contributed by atoms with van der Waals surface area (Å²) >= 11 is 0. The summed E-state index contributed by atoms with van der Waals surface area (Å²) in [4.78, 5) is 2.60. The maximum atomic E-state index is 12.1. The molecule has 1 spiro atoms. The number of rotatable bonds is 2.